The lowest BCUT2D eigenvalue weighted by molar-refractivity contribution is 0.303. The van der Waals surface area contributed by atoms with Crippen LogP contribution in [0.4, 0.5) is 0 Å². The zero-order valence-electron chi connectivity index (χ0n) is 9.07. The van der Waals surface area contributed by atoms with Crippen LogP contribution in [-0.2, 0) is 12.5 Å². The van der Waals surface area contributed by atoms with Gasteiger partial charge in [0, 0.05) is 28.5 Å². The van der Waals surface area contributed by atoms with Gasteiger partial charge in [-0.3, -0.25) is 4.98 Å². The second kappa shape index (κ2) is 5.89. The lowest BCUT2D eigenvalue weighted by Crippen LogP contribution is -1.98. The molecule has 0 unspecified atom stereocenters. The average molecular weight is 268 g/mol. The lowest BCUT2D eigenvalue weighted by atomic mass is 10.2. The van der Waals surface area contributed by atoms with E-state index in [1.54, 1.807) is 18.5 Å². The summed E-state index contributed by atoms with van der Waals surface area (Å²) in [5, 5.41) is 0.628. The van der Waals surface area contributed by atoms with Crippen molar-refractivity contribution in [3.8, 4) is 5.75 Å². The molecule has 0 spiro atoms. The van der Waals surface area contributed by atoms with Crippen molar-refractivity contribution in [2.75, 3.05) is 0 Å². The molecule has 1 heterocycles. The van der Waals surface area contributed by atoms with Crippen LogP contribution in [0.2, 0.25) is 5.02 Å². The number of alkyl halides is 1. The number of hydrogen-bond donors (Lipinski definition) is 0. The molecular weight excluding hydrogens is 257 g/mol. The molecule has 0 aliphatic rings. The smallest absolute Gasteiger partial charge is 0.125 e. The second-order valence-corrected chi connectivity index (χ2v) is 4.17. The molecule has 17 heavy (non-hydrogen) atoms. The van der Waals surface area contributed by atoms with Gasteiger partial charge in [0.05, 0.1) is 5.88 Å². The molecule has 0 saturated heterocycles. The maximum absolute atomic E-state index is 6.03. The predicted molar refractivity (Wildman–Crippen MR) is 69.6 cm³/mol. The molecule has 0 fully saturated rings. The number of aromatic nitrogens is 1. The summed E-state index contributed by atoms with van der Waals surface area (Å²) in [6.07, 6.45) is 3.50. The second-order valence-electron chi connectivity index (χ2n) is 3.50. The fourth-order valence-electron chi connectivity index (χ4n) is 1.45. The Morgan fingerprint density at radius 3 is 2.76 bits per heavy atom. The van der Waals surface area contributed by atoms with Crippen molar-refractivity contribution in [2.24, 2.45) is 0 Å². The quantitative estimate of drug-likeness (QED) is 0.780. The third-order valence-electron chi connectivity index (χ3n) is 2.33. The lowest BCUT2D eigenvalue weighted by Gasteiger charge is -2.10. The van der Waals surface area contributed by atoms with Gasteiger partial charge in [0.25, 0.3) is 0 Å². The zero-order valence-corrected chi connectivity index (χ0v) is 10.6. The largest absolute Gasteiger partial charge is 0.488 e. The molecule has 88 valence electrons. The molecule has 4 heteroatoms. The fourth-order valence-corrected chi connectivity index (χ4v) is 2.03. The van der Waals surface area contributed by atoms with Crippen LogP contribution < -0.4 is 4.74 Å². The van der Waals surface area contributed by atoms with Crippen molar-refractivity contribution in [3.05, 3.63) is 58.9 Å². The van der Waals surface area contributed by atoms with E-state index in [1.165, 1.54) is 0 Å². The molecule has 1 aromatic carbocycles. The number of halogens is 2. The highest BCUT2D eigenvalue weighted by Gasteiger charge is 2.07. The van der Waals surface area contributed by atoms with Crippen LogP contribution in [0.3, 0.4) is 0 Å². The molecule has 0 bridgehead atoms. The Morgan fingerprint density at radius 2 is 2.06 bits per heavy atom. The van der Waals surface area contributed by atoms with Crippen molar-refractivity contribution in [1.82, 2.24) is 4.98 Å². The van der Waals surface area contributed by atoms with Crippen LogP contribution in [0.1, 0.15) is 11.1 Å². The number of pyridine rings is 1. The zero-order chi connectivity index (χ0) is 12.1. The van der Waals surface area contributed by atoms with E-state index in [0.29, 0.717) is 17.5 Å². The van der Waals surface area contributed by atoms with Gasteiger partial charge in [-0.25, -0.2) is 0 Å². The SMILES string of the molecule is ClCc1c(Cl)cccc1OCc1cccnc1. The molecule has 2 aromatic rings. The Hall–Kier alpha value is -1.25. The van der Waals surface area contributed by atoms with E-state index in [4.69, 9.17) is 27.9 Å². The number of ether oxygens (including phenoxy) is 1. The first-order valence-electron chi connectivity index (χ1n) is 5.16. The van der Waals surface area contributed by atoms with Crippen LogP contribution in [0, 0.1) is 0 Å². The Kier molecular flexibility index (Phi) is 4.24. The standard InChI is InChI=1S/C13H11Cl2NO/c14-7-11-12(15)4-1-5-13(11)17-9-10-3-2-6-16-8-10/h1-6,8H,7,9H2. The first-order chi connectivity index (χ1) is 8.31. The fraction of sp³-hybridized carbons (Fsp3) is 0.154. The van der Waals surface area contributed by atoms with Crippen molar-refractivity contribution in [2.45, 2.75) is 12.5 Å². The van der Waals surface area contributed by atoms with Gasteiger partial charge < -0.3 is 4.74 Å². The van der Waals surface area contributed by atoms with Crippen molar-refractivity contribution in [1.29, 1.82) is 0 Å². The van der Waals surface area contributed by atoms with E-state index >= 15 is 0 Å². The summed E-state index contributed by atoms with van der Waals surface area (Å²) < 4.78 is 5.69. The maximum atomic E-state index is 6.03. The number of benzene rings is 1. The Bertz CT molecular complexity index is 488. The normalized spacial score (nSPS) is 10.2. The molecule has 0 aliphatic heterocycles. The molecule has 2 rings (SSSR count). The van der Waals surface area contributed by atoms with Gasteiger partial charge in [0.1, 0.15) is 12.4 Å². The molecule has 0 saturated carbocycles. The van der Waals surface area contributed by atoms with Crippen molar-refractivity contribution < 1.29 is 4.74 Å². The molecule has 0 aliphatic carbocycles. The highest BCUT2D eigenvalue weighted by Crippen LogP contribution is 2.28. The number of nitrogens with zero attached hydrogens (tertiary/aromatic N) is 1. The summed E-state index contributed by atoms with van der Waals surface area (Å²) in [6, 6.07) is 9.34. The summed E-state index contributed by atoms with van der Waals surface area (Å²) >= 11 is 11.9. The molecule has 0 N–H and O–H groups in total. The minimum atomic E-state index is 0.335. The van der Waals surface area contributed by atoms with E-state index in [9.17, 15) is 0 Å². The third kappa shape index (κ3) is 3.11. The Balaban J connectivity index is 2.12. The topological polar surface area (TPSA) is 22.1 Å². The van der Waals surface area contributed by atoms with E-state index in [2.05, 4.69) is 4.98 Å². The minimum Gasteiger partial charge on any atom is -0.488 e. The predicted octanol–water partition coefficient (Wildman–Crippen LogP) is 4.05. The van der Waals surface area contributed by atoms with Crippen molar-refractivity contribution in [3.63, 3.8) is 0 Å². The average Bonchev–Trinajstić information content (AvgIpc) is 2.37. The van der Waals surface area contributed by atoms with Gasteiger partial charge in [-0.05, 0) is 18.2 Å². The first kappa shape index (κ1) is 12.2. The summed E-state index contributed by atoms with van der Waals surface area (Å²) in [5.74, 6) is 1.05. The summed E-state index contributed by atoms with van der Waals surface area (Å²) in [4.78, 5) is 4.02. The number of rotatable bonds is 4. The monoisotopic (exact) mass is 267 g/mol. The number of hydrogen-bond acceptors (Lipinski definition) is 2. The van der Waals surface area contributed by atoms with E-state index in [1.807, 2.05) is 24.3 Å². The van der Waals surface area contributed by atoms with Crippen LogP contribution in [0.5, 0.6) is 5.75 Å². The van der Waals surface area contributed by atoms with E-state index < -0.39 is 0 Å². The van der Waals surface area contributed by atoms with E-state index in [0.717, 1.165) is 16.9 Å². The molecule has 0 amide bonds. The third-order valence-corrected chi connectivity index (χ3v) is 2.95. The molecule has 0 atom stereocenters. The van der Waals surface area contributed by atoms with Crippen LogP contribution in [0.15, 0.2) is 42.7 Å². The summed E-state index contributed by atoms with van der Waals surface area (Å²) in [5.41, 5.74) is 1.83. The molecule has 2 nitrogen and oxygen atoms in total. The molecule has 0 radical (unpaired) electrons. The Morgan fingerprint density at radius 1 is 1.18 bits per heavy atom. The maximum Gasteiger partial charge on any atom is 0.125 e. The van der Waals surface area contributed by atoms with Gasteiger partial charge in [-0.15, -0.1) is 11.6 Å². The highest BCUT2D eigenvalue weighted by atomic mass is 35.5. The highest BCUT2D eigenvalue weighted by molar-refractivity contribution is 6.32. The summed E-state index contributed by atoms with van der Waals surface area (Å²) in [7, 11) is 0. The van der Waals surface area contributed by atoms with Crippen LogP contribution in [0.25, 0.3) is 0 Å². The van der Waals surface area contributed by atoms with Gasteiger partial charge in [-0.1, -0.05) is 23.7 Å². The van der Waals surface area contributed by atoms with Gasteiger partial charge >= 0.3 is 0 Å². The minimum absolute atomic E-state index is 0.335. The molecule has 1 aromatic heterocycles. The van der Waals surface area contributed by atoms with Crippen LogP contribution >= 0.6 is 23.2 Å². The van der Waals surface area contributed by atoms with Gasteiger partial charge in [-0.2, -0.15) is 0 Å². The van der Waals surface area contributed by atoms with Gasteiger partial charge in [0.15, 0.2) is 0 Å². The first-order valence-corrected chi connectivity index (χ1v) is 6.07. The van der Waals surface area contributed by atoms with Crippen LogP contribution in [-0.4, -0.2) is 4.98 Å². The van der Waals surface area contributed by atoms with Gasteiger partial charge in [0.2, 0.25) is 0 Å². The molecular formula is C13H11Cl2NO. The van der Waals surface area contributed by atoms with E-state index in [-0.39, 0.29) is 0 Å². The Labute approximate surface area is 110 Å². The summed E-state index contributed by atoms with van der Waals surface area (Å²) in [6.45, 7) is 0.456. The van der Waals surface area contributed by atoms with Crippen molar-refractivity contribution >= 4 is 23.2 Å².